The highest BCUT2D eigenvalue weighted by Gasteiger charge is 2.34. The highest BCUT2D eigenvalue weighted by Crippen LogP contribution is 2.35. The lowest BCUT2D eigenvalue weighted by Gasteiger charge is -2.17. The Morgan fingerprint density at radius 3 is 2.67 bits per heavy atom. The van der Waals surface area contributed by atoms with Crippen LogP contribution in [0.25, 0.3) is 0 Å². The summed E-state index contributed by atoms with van der Waals surface area (Å²) in [6.07, 6.45) is -1.22. The standard InChI is InChI=1S/C21H19ClF3N7O3S/c1-10(30-18(34)14-5-17(29-9-28-14)32-3-2-11(33)8-32)20-27-7-15(36-20)19(35)31-16-4-12(21(23,24)25)13(22)6-26-16/h4-7,9-11,33H,2-3,8H2,1H3,(H,30,34)(H,26,31,35)/t10-,11?/m1/s1. The minimum Gasteiger partial charge on any atom is -0.391 e. The maximum Gasteiger partial charge on any atom is 0.418 e. The van der Waals surface area contributed by atoms with Crippen LogP contribution in [0.5, 0.6) is 0 Å². The Bertz CT molecular complexity index is 1290. The SMILES string of the molecule is C[C@@H](NC(=O)c1cc(N2CCC(O)C2)ncn1)c1ncc(C(=O)Nc2cc(C(F)(F)F)c(Cl)cn2)s1. The van der Waals surface area contributed by atoms with Crippen LogP contribution in [0.3, 0.4) is 0 Å². The number of nitrogens with one attached hydrogen (secondary N) is 2. The van der Waals surface area contributed by atoms with Gasteiger partial charge in [-0.15, -0.1) is 11.3 Å². The zero-order valence-corrected chi connectivity index (χ0v) is 20.2. The number of rotatable bonds is 6. The van der Waals surface area contributed by atoms with Crippen LogP contribution < -0.4 is 15.5 Å². The van der Waals surface area contributed by atoms with Crippen molar-refractivity contribution in [3.05, 3.63) is 57.0 Å². The van der Waals surface area contributed by atoms with Crippen LogP contribution >= 0.6 is 22.9 Å². The second-order valence-electron chi connectivity index (χ2n) is 7.91. The lowest BCUT2D eigenvalue weighted by molar-refractivity contribution is -0.137. The summed E-state index contributed by atoms with van der Waals surface area (Å²) in [5.74, 6) is -0.999. The third-order valence-corrected chi connectivity index (χ3v) is 6.72. The van der Waals surface area contributed by atoms with Crippen molar-refractivity contribution in [3.63, 3.8) is 0 Å². The van der Waals surface area contributed by atoms with Gasteiger partial charge in [0.05, 0.1) is 28.9 Å². The van der Waals surface area contributed by atoms with E-state index in [1.807, 2.05) is 4.90 Å². The summed E-state index contributed by atoms with van der Waals surface area (Å²) in [5.41, 5.74) is -0.998. The van der Waals surface area contributed by atoms with Crippen molar-refractivity contribution in [2.75, 3.05) is 23.3 Å². The number of nitrogens with zero attached hydrogens (tertiary/aromatic N) is 5. The smallest absolute Gasteiger partial charge is 0.391 e. The quantitative estimate of drug-likeness (QED) is 0.433. The van der Waals surface area contributed by atoms with Gasteiger partial charge in [-0.3, -0.25) is 9.59 Å². The third kappa shape index (κ3) is 5.88. The molecule has 0 aliphatic carbocycles. The van der Waals surface area contributed by atoms with Crippen LogP contribution in [0.1, 0.15) is 50.1 Å². The van der Waals surface area contributed by atoms with E-state index in [0.717, 1.165) is 17.5 Å². The summed E-state index contributed by atoms with van der Waals surface area (Å²) in [6, 6.07) is 1.57. The molecule has 0 spiro atoms. The molecule has 15 heteroatoms. The third-order valence-electron chi connectivity index (χ3n) is 5.24. The molecule has 2 amide bonds. The van der Waals surface area contributed by atoms with E-state index in [1.165, 1.54) is 18.6 Å². The molecule has 4 rings (SSSR count). The molecule has 1 aliphatic rings. The minimum atomic E-state index is -4.70. The zero-order chi connectivity index (χ0) is 26.0. The summed E-state index contributed by atoms with van der Waals surface area (Å²) in [7, 11) is 0. The molecule has 3 aromatic rings. The van der Waals surface area contributed by atoms with Crippen molar-refractivity contribution < 1.29 is 27.9 Å². The van der Waals surface area contributed by atoms with E-state index in [1.54, 1.807) is 6.92 Å². The Hall–Kier alpha value is -3.36. The Balaban J connectivity index is 1.40. The first kappa shape index (κ1) is 25.7. The topological polar surface area (TPSA) is 133 Å². The molecule has 1 saturated heterocycles. The number of β-amino-alcohol motifs (C(OH)–C–C–N with tert-alkyl or cyclic N) is 1. The van der Waals surface area contributed by atoms with Crippen molar-refractivity contribution in [2.45, 2.75) is 31.7 Å². The van der Waals surface area contributed by atoms with E-state index < -0.39 is 40.7 Å². The number of halogens is 4. The molecule has 0 radical (unpaired) electrons. The maximum atomic E-state index is 13.0. The number of pyridine rings is 1. The predicted octanol–water partition coefficient (Wildman–Crippen LogP) is 3.31. The number of aliphatic hydroxyl groups excluding tert-OH is 1. The molecule has 3 N–H and O–H groups in total. The largest absolute Gasteiger partial charge is 0.418 e. The minimum absolute atomic E-state index is 0.105. The van der Waals surface area contributed by atoms with Gasteiger partial charge in [0.25, 0.3) is 11.8 Å². The van der Waals surface area contributed by atoms with Gasteiger partial charge in [-0.2, -0.15) is 13.2 Å². The molecule has 1 fully saturated rings. The molecular formula is C21H19ClF3N7O3S. The predicted molar refractivity (Wildman–Crippen MR) is 125 cm³/mol. The molecule has 36 heavy (non-hydrogen) atoms. The Morgan fingerprint density at radius 2 is 1.97 bits per heavy atom. The van der Waals surface area contributed by atoms with Gasteiger partial charge in [0.1, 0.15) is 33.5 Å². The molecule has 190 valence electrons. The number of aliphatic hydroxyl groups is 1. The molecule has 0 bridgehead atoms. The lowest BCUT2D eigenvalue weighted by atomic mass is 10.2. The Morgan fingerprint density at radius 1 is 1.19 bits per heavy atom. The average molecular weight is 542 g/mol. The number of anilines is 2. The summed E-state index contributed by atoms with van der Waals surface area (Å²) in [5, 5.41) is 14.5. The average Bonchev–Trinajstić information content (AvgIpc) is 3.49. The van der Waals surface area contributed by atoms with Gasteiger partial charge in [0, 0.05) is 25.4 Å². The molecule has 0 saturated carbocycles. The van der Waals surface area contributed by atoms with Gasteiger partial charge in [-0.25, -0.2) is 19.9 Å². The van der Waals surface area contributed by atoms with Crippen molar-refractivity contribution in [1.82, 2.24) is 25.3 Å². The van der Waals surface area contributed by atoms with Gasteiger partial charge < -0.3 is 20.6 Å². The summed E-state index contributed by atoms with van der Waals surface area (Å²) >= 11 is 6.51. The number of hydrogen-bond acceptors (Lipinski definition) is 9. The van der Waals surface area contributed by atoms with E-state index in [2.05, 4.69) is 30.6 Å². The number of hydrogen-bond donors (Lipinski definition) is 3. The molecule has 10 nitrogen and oxygen atoms in total. The van der Waals surface area contributed by atoms with Crippen LogP contribution in [0.2, 0.25) is 5.02 Å². The van der Waals surface area contributed by atoms with E-state index in [9.17, 15) is 27.9 Å². The second-order valence-corrected chi connectivity index (χ2v) is 9.38. The molecule has 3 aromatic heterocycles. The molecule has 0 aromatic carbocycles. The number of amides is 2. The normalized spacial score (nSPS) is 16.6. The van der Waals surface area contributed by atoms with Crippen LogP contribution in [0, 0.1) is 0 Å². The first-order chi connectivity index (χ1) is 17.0. The zero-order valence-electron chi connectivity index (χ0n) is 18.6. The molecule has 4 heterocycles. The fraction of sp³-hybridized carbons (Fsp3) is 0.333. The number of thiazole rings is 1. The van der Waals surface area contributed by atoms with Crippen LogP contribution in [-0.4, -0.2) is 56.1 Å². The maximum absolute atomic E-state index is 13.0. The van der Waals surface area contributed by atoms with Crippen molar-refractivity contribution in [3.8, 4) is 0 Å². The van der Waals surface area contributed by atoms with Crippen LogP contribution in [0.4, 0.5) is 24.8 Å². The number of carbonyl (C=O) groups excluding carboxylic acids is 2. The first-order valence-electron chi connectivity index (χ1n) is 10.6. The first-order valence-corrected chi connectivity index (χ1v) is 11.8. The fourth-order valence-corrected chi connectivity index (χ4v) is 4.45. The second kappa shape index (κ2) is 10.3. The van der Waals surface area contributed by atoms with Gasteiger partial charge in [-0.1, -0.05) is 11.6 Å². The van der Waals surface area contributed by atoms with Crippen molar-refractivity contribution in [1.29, 1.82) is 0 Å². The van der Waals surface area contributed by atoms with E-state index in [4.69, 9.17) is 11.6 Å². The summed E-state index contributed by atoms with van der Waals surface area (Å²) < 4.78 is 39.1. The number of carbonyl (C=O) groups is 2. The lowest BCUT2D eigenvalue weighted by Crippen LogP contribution is -2.28. The Labute approximate surface area is 211 Å². The van der Waals surface area contributed by atoms with Gasteiger partial charge >= 0.3 is 6.18 Å². The fourth-order valence-electron chi connectivity index (χ4n) is 3.42. The van der Waals surface area contributed by atoms with Crippen LogP contribution in [0.15, 0.2) is 30.9 Å². The van der Waals surface area contributed by atoms with Crippen molar-refractivity contribution in [2.24, 2.45) is 0 Å². The van der Waals surface area contributed by atoms with Gasteiger partial charge in [-0.05, 0) is 19.4 Å². The van der Waals surface area contributed by atoms with Crippen molar-refractivity contribution >= 4 is 46.4 Å². The highest BCUT2D eigenvalue weighted by molar-refractivity contribution is 7.13. The van der Waals surface area contributed by atoms with E-state index >= 15 is 0 Å². The van der Waals surface area contributed by atoms with Crippen LogP contribution in [-0.2, 0) is 6.18 Å². The molecule has 2 atom stereocenters. The molecule has 1 unspecified atom stereocenters. The van der Waals surface area contributed by atoms with Gasteiger partial charge in [0.15, 0.2) is 0 Å². The number of alkyl halides is 3. The Kier molecular flexibility index (Phi) is 7.38. The summed E-state index contributed by atoms with van der Waals surface area (Å²) in [4.78, 5) is 43.2. The van der Waals surface area contributed by atoms with E-state index in [0.29, 0.717) is 36.4 Å². The highest BCUT2D eigenvalue weighted by atomic mass is 35.5. The van der Waals surface area contributed by atoms with Gasteiger partial charge in [0.2, 0.25) is 0 Å². The number of aromatic nitrogens is 4. The molecule has 1 aliphatic heterocycles. The monoisotopic (exact) mass is 541 g/mol. The van der Waals surface area contributed by atoms with E-state index in [-0.39, 0.29) is 16.4 Å². The molecular weight excluding hydrogens is 523 g/mol. The summed E-state index contributed by atoms with van der Waals surface area (Å²) in [6.45, 7) is 2.69.